The van der Waals surface area contributed by atoms with E-state index in [4.69, 9.17) is 21.4 Å². The summed E-state index contributed by atoms with van der Waals surface area (Å²) in [7, 11) is 1.50. The van der Waals surface area contributed by atoms with E-state index in [1.807, 2.05) is 6.92 Å². The van der Waals surface area contributed by atoms with Gasteiger partial charge in [-0.2, -0.15) is 0 Å². The monoisotopic (exact) mass is 311 g/mol. The van der Waals surface area contributed by atoms with Crippen LogP contribution in [0.3, 0.4) is 0 Å². The van der Waals surface area contributed by atoms with Gasteiger partial charge in [0.05, 0.1) is 18.1 Å². The predicted molar refractivity (Wildman–Crippen MR) is 78.8 cm³/mol. The van der Waals surface area contributed by atoms with E-state index in [2.05, 4.69) is 0 Å². The fraction of sp³-hybridized carbons (Fsp3) is 0.467. The zero-order valence-corrected chi connectivity index (χ0v) is 12.8. The molecule has 114 valence electrons. The molecule has 2 rings (SSSR count). The lowest BCUT2D eigenvalue weighted by Gasteiger charge is -2.35. The summed E-state index contributed by atoms with van der Waals surface area (Å²) in [5.41, 5.74) is 0.497. The fourth-order valence-electron chi connectivity index (χ4n) is 2.67. The van der Waals surface area contributed by atoms with Gasteiger partial charge < -0.3 is 14.7 Å². The summed E-state index contributed by atoms with van der Waals surface area (Å²) in [5, 5.41) is 9.57. The molecule has 1 aliphatic heterocycles. The number of rotatable bonds is 3. The summed E-state index contributed by atoms with van der Waals surface area (Å²) < 4.78 is 5.11. The number of hydrogen-bond acceptors (Lipinski definition) is 3. The quantitative estimate of drug-likeness (QED) is 0.931. The SMILES string of the molecule is COc1cc(C(=O)N2CCC(C(=O)O)C(C)C2)ccc1Cl. The lowest BCUT2D eigenvalue weighted by Crippen LogP contribution is -2.45. The van der Waals surface area contributed by atoms with Crippen molar-refractivity contribution in [1.82, 2.24) is 4.90 Å². The van der Waals surface area contributed by atoms with Crippen LogP contribution in [0.2, 0.25) is 5.02 Å². The lowest BCUT2D eigenvalue weighted by atomic mass is 9.87. The molecule has 0 aromatic heterocycles. The number of halogens is 1. The van der Waals surface area contributed by atoms with Gasteiger partial charge in [0.15, 0.2) is 0 Å². The highest BCUT2D eigenvalue weighted by atomic mass is 35.5. The molecule has 5 nitrogen and oxygen atoms in total. The Morgan fingerprint density at radius 3 is 2.71 bits per heavy atom. The van der Waals surface area contributed by atoms with Gasteiger partial charge in [-0.15, -0.1) is 0 Å². The molecule has 6 heteroatoms. The predicted octanol–water partition coefficient (Wildman–Crippen LogP) is 2.53. The molecule has 1 fully saturated rings. The third kappa shape index (κ3) is 3.29. The van der Waals surface area contributed by atoms with E-state index in [1.54, 1.807) is 23.1 Å². The number of carbonyl (C=O) groups is 2. The molecule has 1 aromatic rings. The Hall–Kier alpha value is -1.75. The van der Waals surface area contributed by atoms with E-state index < -0.39 is 5.97 Å². The van der Waals surface area contributed by atoms with Crippen LogP contribution in [0.1, 0.15) is 23.7 Å². The number of piperidine rings is 1. The van der Waals surface area contributed by atoms with E-state index in [-0.39, 0.29) is 17.7 Å². The van der Waals surface area contributed by atoms with E-state index >= 15 is 0 Å². The van der Waals surface area contributed by atoms with Crippen molar-refractivity contribution in [1.29, 1.82) is 0 Å². The lowest BCUT2D eigenvalue weighted by molar-refractivity contribution is -0.145. The maximum atomic E-state index is 12.5. The van der Waals surface area contributed by atoms with Gasteiger partial charge in [-0.05, 0) is 30.5 Å². The van der Waals surface area contributed by atoms with Crippen LogP contribution in [0.4, 0.5) is 0 Å². The molecular weight excluding hydrogens is 294 g/mol. The van der Waals surface area contributed by atoms with Crippen LogP contribution in [0.15, 0.2) is 18.2 Å². The first-order valence-electron chi connectivity index (χ1n) is 6.79. The highest BCUT2D eigenvalue weighted by Gasteiger charge is 2.33. The number of ether oxygens (including phenoxy) is 1. The maximum absolute atomic E-state index is 12.5. The van der Waals surface area contributed by atoms with Crippen molar-refractivity contribution in [2.24, 2.45) is 11.8 Å². The molecule has 0 saturated carbocycles. The van der Waals surface area contributed by atoms with Gasteiger partial charge in [0.25, 0.3) is 5.91 Å². The van der Waals surface area contributed by atoms with E-state index in [0.29, 0.717) is 35.8 Å². The zero-order chi connectivity index (χ0) is 15.6. The molecule has 1 aromatic carbocycles. The van der Waals surface area contributed by atoms with Crippen LogP contribution in [-0.2, 0) is 4.79 Å². The second-order valence-electron chi connectivity index (χ2n) is 5.31. The topological polar surface area (TPSA) is 66.8 Å². The second-order valence-corrected chi connectivity index (χ2v) is 5.72. The molecule has 0 spiro atoms. The van der Waals surface area contributed by atoms with Crippen LogP contribution in [0, 0.1) is 11.8 Å². The Balaban J connectivity index is 2.13. The fourth-order valence-corrected chi connectivity index (χ4v) is 2.87. The second kappa shape index (κ2) is 6.35. The van der Waals surface area contributed by atoms with Crippen LogP contribution in [0.5, 0.6) is 5.75 Å². The average Bonchev–Trinajstić information content (AvgIpc) is 2.46. The zero-order valence-electron chi connectivity index (χ0n) is 12.0. The van der Waals surface area contributed by atoms with Gasteiger partial charge in [-0.25, -0.2) is 0 Å². The standard InChI is InChI=1S/C15H18ClNO4/c1-9-8-17(6-5-11(9)15(19)20)14(18)10-3-4-12(16)13(7-10)21-2/h3-4,7,9,11H,5-6,8H2,1-2H3,(H,19,20). The highest BCUT2D eigenvalue weighted by Crippen LogP contribution is 2.28. The van der Waals surface area contributed by atoms with Crippen LogP contribution < -0.4 is 4.74 Å². The number of aliphatic carboxylic acids is 1. The molecule has 2 atom stereocenters. The first-order chi connectivity index (χ1) is 9.93. The first kappa shape index (κ1) is 15.6. The molecule has 1 heterocycles. The number of likely N-dealkylation sites (tertiary alicyclic amines) is 1. The number of amides is 1. The van der Waals surface area contributed by atoms with Crippen molar-refractivity contribution in [3.8, 4) is 5.75 Å². The molecule has 1 amide bonds. The minimum atomic E-state index is -0.789. The number of methoxy groups -OCH3 is 1. The summed E-state index contributed by atoms with van der Waals surface area (Å²) in [6.07, 6.45) is 0.479. The third-order valence-corrected chi connectivity index (χ3v) is 4.22. The molecular formula is C15H18ClNO4. The molecule has 0 aliphatic carbocycles. The van der Waals surface area contributed by atoms with Gasteiger partial charge in [0.2, 0.25) is 0 Å². The van der Waals surface area contributed by atoms with Gasteiger partial charge in [0, 0.05) is 18.7 Å². The normalized spacial score (nSPS) is 22.0. The average molecular weight is 312 g/mol. The van der Waals surface area contributed by atoms with Crippen molar-refractivity contribution >= 4 is 23.5 Å². The van der Waals surface area contributed by atoms with E-state index in [9.17, 15) is 9.59 Å². The largest absolute Gasteiger partial charge is 0.495 e. The Morgan fingerprint density at radius 2 is 2.14 bits per heavy atom. The Morgan fingerprint density at radius 1 is 1.43 bits per heavy atom. The number of carboxylic acids is 1. The molecule has 0 radical (unpaired) electrons. The minimum Gasteiger partial charge on any atom is -0.495 e. The Labute approximate surface area is 128 Å². The number of benzene rings is 1. The van der Waals surface area contributed by atoms with Crippen molar-refractivity contribution in [2.75, 3.05) is 20.2 Å². The Bertz CT molecular complexity index is 561. The van der Waals surface area contributed by atoms with Gasteiger partial charge in [-0.3, -0.25) is 9.59 Å². The number of carbonyl (C=O) groups excluding carboxylic acids is 1. The van der Waals surface area contributed by atoms with Crippen LogP contribution >= 0.6 is 11.6 Å². The summed E-state index contributed by atoms with van der Waals surface area (Å²) in [6.45, 7) is 2.76. The van der Waals surface area contributed by atoms with Crippen molar-refractivity contribution in [3.05, 3.63) is 28.8 Å². The van der Waals surface area contributed by atoms with Gasteiger partial charge in [0.1, 0.15) is 5.75 Å². The summed E-state index contributed by atoms with van der Waals surface area (Å²) >= 11 is 5.95. The van der Waals surface area contributed by atoms with E-state index in [0.717, 1.165) is 0 Å². The van der Waals surface area contributed by atoms with Crippen LogP contribution in [-0.4, -0.2) is 42.1 Å². The summed E-state index contributed by atoms with van der Waals surface area (Å²) in [5.74, 6) is -0.900. The number of hydrogen-bond donors (Lipinski definition) is 1. The van der Waals surface area contributed by atoms with Crippen molar-refractivity contribution < 1.29 is 19.4 Å². The summed E-state index contributed by atoms with van der Waals surface area (Å²) in [4.78, 5) is 25.3. The smallest absolute Gasteiger partial charge is 0.306 e. The Kier molecular flexibility index (Phi) is 4.73. The van der Waals surface area contributed by atoms with E-state index in [1.165, 1.54) is 7.11 Å². The van der Waals surface area contributed by atoms with Crippen LogP contribution in [0.25, 0.3) is 0 Å². The molecule has 21 heavy (non-hydrogen) atoms. The van der Waals surface area contributed by atoms with Gasteiger partial charge in [-0.1, -0.05) is 18.5 Å². The van der Waals surface area contributed by atoms with Crippen molar-refractivity contribution in [3.63, 3.8) is 0 Å². The number of nitrogens with zero attached hydrogens (tertiary/aromatic N) is 1. The molecule has 1 saturated heterocycles. The van der Waals surface area contributed by atoms with Crippen molar-refractivity contribution in [2.45, 2.75) is 13.3 Å². The first-order valence-corrected chi connectivity index (χ1v) is 7.17. The molecule has 0 bridgehead atoms. The summed E-state index contributed by atoms with van der Waals surface area (Å²) in [6, 6.07) is 4.89. The maximum Gasteiger partial charge on any atom is 0.306 e. The highest BCUT2D eigenvalue weighted by molar-refractivity contribution is 6.32. The molecule has 2 unspecified atom stereocenters. The minimum absolute atomic E-state index is 0.0607. The molecule has 1 N–H and O–H groups in total. The third-order valence-electron chi connectivity index (χ3n) is 3.91. The number of carboxylic acid groups (broad SMARTS) is 1. The van der Waals surface area contributed by atoms with Gasteiger partial charge >= 0.3 is 5.97 Å². The molecule has 1 aliphatic rings.